The molecule has 90 valence electrons. The van der Waals surface area contributed by atoms with E-state index in [4.69, 9.17) is 0 Å². The summed E-state index contributed by atoms with van der Waals surface area (Å²) in [6.45, 7) is 14.3. The fourth-order valence-electron chi connectivity index (χ4n) is 2.11. The van der Waals surface area contributed by atoms with Crippen molar-refractivity contribution in [3.05, 3.63) is 36.5 Å². The van der Waals surface area contributed by atoms with E-state index in [9.17, 15) is 0 Å². The van der Waals surface area contributed by atoms with Crippen molar-refractivity contribution in [2.75, 3.05) is 19.6 Å². The minimum absolute atomic E-state index is 0.686. The maximum atomic E-state index is 3.69. The van der Waals surface area contributed by atoms with E-state index in [2.05, 4.69) is 44.4 Å². The number of hydrogen-bond donors (Lipinski definition) is 0. The highest BCUT2D eigenvalue weighted by Gasteiger charge is 2.23. The Labute approximate surface area is 101 Å². The standard InChI is InChI=1S/C15H25N/c1-5-7-8-9-15(14(4)6-2)12-16-10-13(3)11-16/h5,7-9,13-14H,1,6,10-12H2,2-4H3/b8-7-,15-9-. The number of allylic oxidation sites excluding steroid dienone is 4. The predicted octanol–water partition coefficient (Wildman–Crippen LogP) is 3.65. The minimum atomic E-state index is 0.686. The van der Waals surface area contributed by atoms with Gasteiger partial charge in [0.15, 0.2) is 0 Å². The Hall–Kier alpha value is -0.820. The molecule has 0 bridgehead atoms. The van der Waals surface area contributed by atoms with Gasteiger partial charge in [0.2, 0.25) is 0 Å². The highest BCUT2D eigenvalue weighted by atomic mass is 15.2. The van der Waals surface area contributed by atoms with Crippen LogP contribution in [0.3, 0.4) is 0 Å². The average Bonchev–Trinajstić information content (AvgIpc) is 2.24. The fourth-order valence-corrected chi connectivity index (χ4v) is 2.11. The van der Waals surface area contributed by atoms with Crippen molar-refractivity contribution >= 4 is 0 Å². The van der Waals surface area contributed by atoms with Gasteiger partial charge in [0.1, 0.15) is 0 Å². The van der Waals surface area contributed by atoms with Crippen LogP contribution in [0.1, 0.15) is 27.2 Å². The summed E-state index contributed by atoms with van der Waals surface area (Å²) in [5.74, 6) is 1.58. The summed E-state index contributed by atoms with van der Waals surface area (Å²) in [6, 6.07) is 0. The first-order chi connectivity index (χ1) is 7.67. The van der Waals surface area contributed by atoms with Crippen molar-refractivity contribution in [2.24, 2.45) is 11.8 Å². The molecule has 1 atom stereocenters. The molecule has 0 saturated carbocycles. The molecule has 1 fully saturated rings. The van der Waals surface area contributed by atoms with Crippen molar-refractivity contribution < 1.29 is 0 Å². The van der Waals surface area contributed by atoms with Crippen LogP contribution in [0.4, 0.5) is 0 Å². The van der Waals surface area contributed by atoms with Crippen LogP contribution in [0.25, 0.3) is 0 Å². The maximum absolute atomic E-state index is 3.69. The normalized spacial score (nSPS) is 21.1. The lowest BCUT2D eigenvalue weighted by molar-refractivity contribution is 0.122. The average molecular weight is 219 g/mol. The van der Waals surface area contributed by atoms with Gasteiger partial charge in [-0.2, -0.15) is 0 Å². The molecule has 0 aromatic carbocycles. The molecule has 1 aliphatic rings. The third kappa shape index (κ3) is 3.97. The molecular weight excluding hydrogens is 194 g/mol. The van der Waals surface area contributed by atoms with Crippen LogP contribution in [0, 0.1) is 11.8 Å². The second-order valence-corrected chi connectivity index (χ2v) is 4.97. The van der Waals surface area contributed by atoms with Crippen molar-refractivity contribution in [1.29, 1.82) is 0 Å². The zero-order chi connectivity index (χ0) is 12.0. The lowest BCUT2D eigenvalue weighted by Crippen LogP contribution is -2.46. The quantitative estimate of drug-likeness (QED) is 0.616. The Bertz CT molecular complexity index is 269. The molecule has 1 unspecified atom stereocenters. The van der Waals surface area contributed by atoms with Gasteiger partial charge in [0.05, 0.1) is 0 Å². The molecular formula is C15H25N. The lowest BCUT2D eigenvalue weighted by atomic mass is 9.94. The van der Waals surface area contributed by atoms with E-state index < -0.39 is 0 Å². The molecule has 0 N–H and O–H groups in total. The molecule has 1 rings (SSSR count). The molecule has 0 spiro atoms. The molecule has 0 aromatic rings. The summed E-state index contributed by atoms with van der Waals surface area (Å²) < 4.78 is 0. The summed E-state index contributed by atoms with van der Waals surface area (Å²) in [6.07, 6.45) is 9.42. The highest BCUT2D eigenvalue weighted by Crippen LogP contribution is 2.21. The molecule has 16 heavy (non-hydrogen) atoms. The number of nitrogens with zero attached hydrogens (tertiary/aromatic N) is 1. The Morgan fingerprint density at radius 3 is 2.62 bits per heavy atom. The SMILES string of the molecule is C=C/C=C\C=C(\CN1CC(C)C1)C(C)CC. The topological polar surface area (TPSA) is 3.24 Å². The summed E-state index contributed by atoms with van der Waals surface area (Å²) in [4.78, 5) is 2.53. The van der Waals surface area contributed by atoms with E-state index in [1.807, 2.05) is 12.2 Å². The zero-order valence-electron chi connectivity index (χ0n) is 10.9. The van der Waals surface area contributed by atoms with Crippen molar-refractivity contribution in [2.45, 2.75) is 27.2 Å². The number of hydrogen-bond acceptors (Lipinski definition) is 1. The molecule has 1 aliphatic heterocycles. The van der Waals surface area contributed by atoms with Gasteiger partial charge in [0, 0.05) is 19.6 Å². The van der Waals surface area contributed by atoms with Crippen molar-refractivity contribution in [1.82, 2.24) is 4.90 Å². The van der Waals surface area contributed by atoms with Gasteiger partial charge in [0.25, 0.3) is 0 Å². The van der Waals surface area contributed by atoms with E-state index in [1.165, 1.54) is 19.5 Å². The molecule has 1 saturated heterocycles. The molecule has 1 nitrogen and oxygen atoms in total. The maximum Gasteiger partial charge on any atom is 0.0198 e. The fraction of sp³-hybridized carbons (Fsp3) is 0.600. The van der Waals surface area contributed by atoms with E-state index in [0.29, 0.717) is 5.92 Å². The first kappa shape index (κ1) is 13.2. The molecule has 0 radical (unpaired) electrons. The van der Waals surface area contributed by atoms with E-state index in [-0.39, 0.29) is 0 Å². The largest absolute Gasteiger partial charge is 0.299 e. The Morgan fingerprint density at radius 1 is 1.44 bits per heavy atom. The van der Waals surface area contributed by atoms with Crippen LogP contribution >= 0.6 is 0 Å². The lowest BCUT2D eigenvalue weighted by Gasteiger charge is -2.38. The molecule has 0 amide bonds. The van der Waals surface area contributed by atoms with Crippen LogP contribution < -0.4 is 0 Å². The third-order valence-electron chi connectivity index (χ3n) is 3.35. The Morgan fingerprint density at radius 2 is 2.12 bits per heavy atom. The summed E-state index contributed by atoms with van der Waals surface area (Å²) in [7, 11) is 0. The van der Waals surface area contributed by atoms with Crippen LogP contribution in [-0.2, 0) is 0 Å². The second kappa shape index (κ2) is 6.70. The van der Waals surface area contributed by atoms with Gasteiger partial charge in [-0.05, 0) is 18.3 Å². The Kier molecular flexibility index (Phi) is 5.54. The third-order valence-corrected chi connectivity index (χ3v) is 3.35. The molecule has 1 heteroatoms. The minimum Gasteiger partial charge on any atom is -0.299 e. The van der Waals surface area contributed by atoms with Crippen LogP contribution in [0.2, 0.25) is 0 Å². The van der Waals surface area contributed by atoms with Gasteiger partial charge in [-0.15, -0.1) is 0 Å². The summed E-state index contributed by atoms with van der Waals surface area (Å²) in [5.41, 5.74) is 1.55. The Balaban J connectivity index is 2.53. The molecule has 0 aromatic heterocycles. The first-order valence-electron chi connectivity index (χ1n) is 6.37. The predicted molar refractivity (Wildman–Crippen MR) is 72.5 cm³/mol. The van der Waals surface area contributed by atoms with E-state index >= 15 is 0 Å². The van der Waals surface area contributed by atoms with Gasteiger partial charge in [-0.3, -0.25) is 4.90 Å². The number of likely N-dealkylation sites (tertiary alicyclic amines) is 1. The van der Waals surface area contributed by atoms with Crippen LogP contribution in [0.15, 0.2) is 36.5 Å². The smallest absolute Gasteiger partial charge is 0.0198 e. The van der Waals surface area contributed by atoms with Crippen molar-refractivity contribution in [3.8, 4) is 0 Å². The molecule has 0 aliphatic carbocycles. The van der Waals surface area contributed by atoms with Crippen LogP contribution in [-0.4, -0.2) is 24.5 Å². The van der Waals surface area contributed by atoms with Gasteiger partial charge < -0.3 is 0 Å². The molecule has 1 heterocycles. The zero-order valence-corrected chi connectivity index (χ0v) is 10.9. The second-order valence-electron chi connectivity index (χ2n) is 4.97. The van der Waals surface area contributed by atoms with Gasteiger partial charge in [-0.1, -0.05) is 57.2 Å². The summed E-state index contributed by atoms with van der Waals surface area (Å²) in [5, 5.41) is 0. The summed E-state index contributed by atoms with van der Waals surface area (Å²) >= 11 is 0. The van der Waals surface area contributed by atoms with Crippen LogP contribution in [0.5, 0.6) is 0 Å². The van der Waals surface area contributed by atoms with Crippen molar-refractivity contribution in [3.63, 3.8) is 0 Å². The van der Waals surface area contributed by atoms with Gasteiger partial charge >= 0.3 is 0 Å². The van der Waals surface area contributed by atoms with E-state index in [0.717, 1.165) is 12.5 Å². The number of rotatable bonds is 6. The van der Waals surface area contributed by atoms with E-state index in [1.54, 1.807) is 5.57 Å². The van der Waals surface area contributed by atoms with Gasteiger partial charge in [-0.25, -0.2) is 0 Å². The first-order valence-corrected chi connectivity index (χ1v) is 6.37. The monoisotopic (exact) mass is 219 g/mol. The highest BCUT2D eigenvalue weighted by molar-refractivity contribution is 5.19.